The van der Waals surface area contributed by atoms with Gasteiger partial charge < -0.3 is 10.1 Å². The fourth-order valence-electron chi connectivity index (χ4n) is 3.10. The zero-order valence-electron chi connectivity index (χ0n) is 16.8. The second-order valence-electron chi connectivity index (χ2n) is 6.98. The van der Waals surface area contributed by atoms with E-state index in [9.17, 15) is 4.79 Å². The number of rotatable bonds is 7. The van der Waals surface area contributed by atoms with Crippen LogP contribution in [0.3, 0.4) is 0 Å². The molecule has 1 aromatic heterocycles. The van der Waals surface area contributed by atoms with E-state index in [2.05, 4.69) is 44.1 Å². The second-order valence-corrected chi connectivity index (χ2v) is 9.78. The minimum atomic E-state index is -0.202. The number of benzene rings is 3. The molecule has 0 radical (unpaired) electrons. The summed E-state index contributed by atoms with van der Waals surface area (Å²) in [5.74, 6) is 0.494. The molecule has 0 fully saturated rings. The van der Waals surface area contributed by atoms with E-state index in [-0.39, 0.29) is 5.91 Å². The SMILES string of the molecule is CCCCOc1cccc(C(=O)Nc2c(Br)cc(Br)cc2-c2nc3ccccc3s2)c1. The highest BCUT2D eigenvalue weighted by molar-refractivity contribution is 9.11. The molecule has 0 aliphatic rings. The number of nitrogens with one attached hydrogen (secondary N) is 1. The molecule has 1 amide bonds. The Morgan fingerprint density at radius 1 is 1.10 bits per heavy atom. The molecule has 0 aliphatic heterocycles. The summed E-state index contributed by atoms with van der Waals surface area (Å²) in [4.78, 5) is 17.8. The first-order valence-corrected chi connectivity index (χ1v) is 12.3. The van der Waals surface area contributed by atoms with Gasteiger partial charge in [0.15, 0.2) is 0 Å². The van der Waals surface area contributed by atoms with Crippen molar-refractivity contribution in [1.29, 1.82) is 0 Å². The number of thiazole rings is 1. The summed E-state index contributed by atoms with van der Waals surface area (Å²) >= 11 is 8.76. The van der Waals surface area contributed by atoms with Crippen molar-refractivity contribution in [3.05, 3.63) is 75.2 Å². The molecule has 0 saturated carbocycles. The number of fused-ring (bicyclic) bond motifs is 1. The van der Waals surface area contributed by atoms with Crippen LogP contribution in [-0.2, 0) is 0 Å². The van der Waals surface area contributed by atoms with Crippen LogP contribution >= 0.6 is 43.2 Å². The Balaban J connectivity index is 1.65. The number of carbonyl (C=O) groups is 1. The molecule has 3 aromatic carbocycles. The van der Waals surface area contributed by atoms with E-state index < -0.39 is 0 Å². The maximum atomic E-state index is 13.1. The Morgan fingerprint density at radius 2 is 1.94 bits per heavy atom. The van der Waals surface area contributed by atoms with Gasteiger partial charge in [0.25, 0.3) is 5.91 Å². The number of halogens is 2. The van der Waals surface area contributed by atoms with Crippen molar-refractivity contribution in [3.63, 3.8) is 0 Å². The number of ether oxygens (including phenoxy) is 1. The zero-order chi connectivity index (χ0) is 21.8. The average Bonchev–Trinajstić information content (AvgIpc) is 3.20. The van der Waals surface area contributed by atoms with Crippen LogP contribution < -0.4 is 10.1 Å². The Hall–Kier alpha value is -2.22. The van der Waals surface area contributed by atoms with Crippen molar-refractivity contribution in [2.75, 3.05) is 11.9 Å². The molecular formula is C24H20Br2N2O2S. The van der Waals surface area contributed by atoms with Crippen molar-refractivity contribution in [1.82, 2.24) is 4.98 Å². The third-order valence-electron chi connectivity index (χ3n) is 4.68. The van der Waals surface area contributed by atoms with E-state index in [1.807, 2.05) is 48.5 Å². The number of para-hydroxylation sites is 1. The highest BCUT2D eigenvalue weighted by atomic mass is 79.9. The minimum absolute atomic E-state index is 0.202. The van der Waals surface area contributed by atoms with Crippen molar-refractivity contribution >= 4 is 65.0 Å². The summed E-state index contributed by atoms with van der Waals surface area (Å²) in [6, 6.07) is 19.2. The number of carbonyl (C=O) groups excluding carboxylic acids is 1. The van der Waals surface area contributed by atoms with Crippen LogP contribution in [0.25, 0.3) is 20.8 Å². The fraction of sp³-hybridized carbons (Fsp3) is 0.167. The summed E-state index contributed by atoms with van der Waals surface area (Å²) in [6.45, 7) is 2.76. The van der Waals surface area contributed by atoms with E-state index >= 15 is 0 Å². The van der Waals surface area contributed by atoms with Gasteiger partial charge in [-0.15, -0.1) is 11.3 Å². The first-order valence-electron chi connectivity index (χ1n) is 9.94. The third-order valence-corrected chi connectivity index (χ3v) is 6.83. The Morgan fingerprint density at radius 3 is 2.74 bits per heavy atom. The number of aromatic nitrogens is 1. The highest BCUT2D eigenvalue weighted by Gasteiger charge is 2.18. The maximum Gasteiger partial charge on any atom is 0.255 e. The fourth-order valence-corrected chi connectivity index (χ4v) is 5.42. The van der Waals surface area contributed by atoms with Gasteiger partial charge in [-0.3, -0.25) is 4.79 Å². The first kappa shape index (κ1) is 22.0. The molecule has 4 nitrogen and oxygen atoms in total. The molecule has 0 bridgehead atoms. The number of amides is 1. The van der Waals surface area contributed by atoms with E-state index in [1.54, 1.807) is 23.5 Å². The molecule has 4 aromatic rings. The minimum Gasteiger partial charge on any atom is -0.494 e. The summed E-state index contributed by atoms with van der Waals surface area (Å²) in [5, 5.41) is 3.91. The number of unbranched alkanes of at least 4 members (excludes halogenated alkanes) is 1. The zero-order valence-corrected chi connectivity index (χ0v) is 20.8. The normalized spacial score (nSPS) is 10.9. The Labute approximate surface area is 201 Å². The van der Waals surface area contributed by atoms with Crippen molar-refractivity contribution in [2.24, 2.45) is 0 Å². The quantitative estimate of drug-likeness (QED) is 0.234. The predicted molar refractivity (Wildman–Crippen MR) is 135 cm³/mol. The maximum absolute atomic E-state index is 13.1. The molecule has 158 valence electrons. The van der Waals surface area contributed by atoms with Crippen LogP contribution in [0, 0.1) is 0 Å². The van der Waals surface area contributed by atoms with Crippen LogP contribution in [0.15, 0.2) is 69.6 Å². The average molecular weight is 560 g/mol. The summed E-state index contributed by atoms with van der Waals surface area (Å²) < 4.78 is 8.53. The van der Waals surface area contributed by atoms with Gasteiger partial charge in [0, 0.05) is 20.1 Å². The number of anilines is 1. The smallest absolute Gasteiger partial charge is 0.255 e. The van der Waals surface area contributed by atoms with Gasteiger partial charge in [-0.25, -0.2) is 4.98 Å². The van der Waals surface area contributed by atoms with E-state index in [0.29, 0.717) is 23.6 Å². The van der Waals surface area contributed by atoms with Gasteiger partial charge in [-0.05, 0) is 64.8 Å². The monoisotopic (exact) mass is 558 g/mol. The molecule has 1 N–H and O–H groups in total. The predicted octanol–water partition coefficient (Wildman–Crippen LogP) is 7.92. The van der Waals surface area contributed by atoms with Gasteiger partial charge in [0.1, 0.15) is 10.8 Å². The largest absolute Gasteiger partial charge is 0.494 e. The molecule has 4 rings (SSSR count). The molecule has 7 heteroatoms. The lowest BCUT2D eigenvalue weighted by Crippen LogP contribution is -2.13. The van der Waals surface area contributed by atoms with Gasteiger partial charge in [0.05, 0.1) is 22.5 Å². The third kappa shape index (κ3) is 5.17. The molecule has 0 aliphatic carbocycles. The molecule has 1 heterocycles. The lowest BCUT2D eigenvalue weighted by molar-refractivity contribution is 0.102. The molecule has 0 saturated heterocycles. The Bertz CT molecular complexity index is 1210. The number of nitrogens with zero attached hydrogens (tertiary/aromatic N) is 1. The van der Waals surface area contributed by atoms with Gasteiger partial charge in [0.2, 0.25) is 0 Å². The van der Waals surface area contributed by atoms with E-state index in [0.717, 1.165) is 42.6 Å². The molecular weight excluding hydrogens is 540 g/mol. The van der Waals surface area contributed by atoms with E-state index in [4.69, 9.17) is 9.72 Å². The summed E-state index contributed by atoms with van der Waals surface area (Å²) in [6.07, 6.45) is 2.04. The van der Waals surface area contributed by atoms with Crippen LogP contribution in [0.5, 0.6) is 5.75 Å². The lowest BCUT2D eigenvalue weighted by Gasteiger charge is -2.13. The Kier molecular flexibility index (Phi) is 7.05. The lowest BCUT2D eigenvalue weighted by atomic mass is 10.1. The van der Waals surface area contributed by atoms with E-state index in [1.165, 1.54) is 0 Å². The summed E-state index contributed by atoms with van der Waals surface area (Å²) in [5.41, 5.74) is 3.02. The van der Waals surface area contributed by atoms with Crippen LogP contribution in [0.1, 0.15) is 30.1 Å². The van der Waals surface area contributed by atoms with Gasteiger partial charge in [-0.1, -0.05) is 47.5 Å². The standard InChI is InChI=1S/C24H20Br2N2O2S/c1-2-3-11-30-17-8-6-7-15(12-17)23(29)28-22-18(13-16(25)14-19(22)26)24-27-20-9-4-5-10-21(20)31-24/h4-10,12-14H,2-3,11H2,1H3,(H,28,29). The molecule has 31 heavy (non-hydrogen) atoms. The van der Waals surface area contributed by atoms with Gasteiger partial charge >= 0.3 is 0 Å². The second kappa shape index (κ2) is 9.94. The molecule has 0 atom stereocenters. The number of hydrogen-bond acceptors (Lipinski definition) is 4. The van der Waals surface area contributed by atoms with Crippen molar-refractivity contribution < 1.29 is 9.53 Å². The van der Waals surface area contributed by atoms with Crippen LogP contribution in [0.2, 0.25) is 0 Å². The first-order chi connectivity index (χ1) is 15.0. The highest BCUT2D eigenvalue weighted by Crippen LogP contribution is 2.40. The van der Waals surface area contributed by atoms with Crippen molar-refractivity contribution in [2.45, 2.75) is 19.8 Å². The summed E-state index contributed by atoms with van der Waals surface area (Å²) in [7, 11) is 0. The van der Waals surface area contributed by atoms with Crippen LogP contribution in [-0.4, -0.2) is 17.5 Å². The van der Waals surface area contributed by atoms with Crippen LogP contribution in [0.4, 0.5) is 5.69 Å². The molecule has 0 spiro atoms. The number of hydrogen-bond donors (Lipinski definition) is 1. The topological polar surface area (TPSA) is 51.2 Å². The van der Waals surface area contributed by atoms with Gasteiger partial charge in [-0.2, -0.15) is 0 Å². The molecule has 0 unspecified atom stereocenters. The van der Waals surface area contributed by atoms with Crippen molar-refractivity contribution in [3.8, 4) is 16.3 Å².